The number of benzene rings is 1. The highest BCUT2D eigenvalue weighted by Gasteiger charge is 2.17. The zero-order valence-corrected chi connectivity index (χ0v) is 12.7. The summed E-state index contributed by atoms with van der Waals surface area (Å²) in [6.45, 7) is 2.12. The number of Topliss-reactive ketones (excluding diaryl/α,β-unsaturated/α-hetero) is 1. The van der Waals surface area contributed by atoms with Gasteiger partial charge in [-0.05, 0) is 28.4 Å². The van der Waals surface area contributed by atoms with E-state index in [0.29, 0.717) is 23.5 Å². The average Bonchev–Trinajstić information content (AvgIpc) is 2.37. The second-order valence-electron chi connectivity index (χ2n) is 4.07. The van der Waals surface area contributed by atoms with Crippen molar-refractivity contribution < 1.29 is 14.3 Å². The maximum atomic E-state index is 12.2. The number of ketones is 1. The van der Waals surface area contributed by atoms with Crippen LogP contribution in [0.2, 0.25) is 0 Å². The first-order valence-corrected chi connectivity index (χ1v) is 6.88. The van der Waals surface area contributed by atoms with E-state index in [2.05, 4.69) is 22.9 Å². The Morgan fingerprint density at radius 1 is 1.22 bits per heavy atom. The van der Waals surface area contributed by atoms with Crippen molar-refractivity contribution in [2.45, 2.75) is 32.6 Å². The zero-order valence-electron chi connectivity index (χ0n) is 11.1. The molecule has 0 aromatic heterocycles. The molecule has 0 aliphatic heterocycles. The zero-order chi connectivity index (χ0) is 13.5. The van der Waals surface area contributed by atoms with Gasteiger partial charge in [-0.1, -0.05) is 19.8 Å². The van der Waals surface area contributed by atoms with Gasteiger partial charge in [0.05, 0.1) is 19.8 Å². The summed E-state index contributed by atoms with van der Waals surface area (Å²) in [4.78, 5) is 12.2. The number of halogens is 1. The number of hydrogen-bond donors (Lipinski definition) is 0. The number of hydrogen-bond acceptors (Lipinski definition) is 3. The van der Waals surface area contributed by atoms with E-state index in [9.17, 15) is 4.79 Å². The van der Waals surface area contributed by atoms with E-state index in [4.69, 9.17) is 9.47 Å². The van der Waals surface area contributed by atoms with Gasteiger partial charge >= 0.3 is 0 Å². The maximum Gasteiger partial charge on any atom is 0.167 e. The summed E-state index contributed by atoms with van der Waals surface area (Å²) in [6, 6.07) is 3.52. The fraction of sp³-hybridized carbons (Fsp3) is 0.500. The summed E-state index contributed by atoms with van der Waals surface area (Å²) in [6.07, 6.45) is 3.64. The van der Waals surface area contributed by atoms with E-state index in [1.165, 1.54) is 0 Å². The Labute approximate surface area is 117 Å². The summed E-state index contributed by atoms with van der Waals surface area (Å²) in [7, 11) is 3.15. The monoisotopic (exact) mass is 314 g/mol. The van der Waals surface area contributed by atoms with E-state index < -0.39 is 0 Å². The molecule has 1 rings (SSSR count). The van der Waals surface area contributed by atoms with Gasteiger partial charge in [-0.3, -0.25) is 4.79 Å². The number of unbranched alkanes of at least 4 members (excludes halogenated alkanes) is 2. The van der Waals surface area contributed by atoms with Crippen LogP contribution in [0, 0.1) is 0 Å². The largest absolute Gasteiger partial charge is 0.497 e. The lowest BCUT2D eigenvalue weighted by Crippen LogP contribution is -2.04. The van der Waals surface area contributed by atoms with Crippen LogP contribution < -0.4 is 9.47 Å². The van der Waals surface area contributed by atoms with Gasteiger partial charge in [-0.2, -0.15) is 0 Å². The van der Waals surface area contributed by atoms with Crippen molar-refractivity contribution in [1.29, 1.82) is 0 Å². The smallest absolute Gasteiger partial charge is 0.167 e. The number of carbonyl (C=O) groups excluding carboxylic acids is 1. The van der Waals surface area contributed by atoms with Crippen molar-refractivity contribution >= 4 is 21.7 Å². The quantitative estimate of drug-likeness (QED) is 0.558. The van der Waals surface area contributed by atoms with Crippen molar-refractivity contribution in [3.05, 3.63) is 22.2 Å². The Hall–Kier alpha value is -1.03. The predicted molar refractivity (Wildman–Crippen MR) is 75.7 cm³/mol. The normalized spacial score (nSPS) is 10.2. The van der Waals surface area contributed by atoms with Crippen LogP contribution in [0.1, 0.15) is 43.0 Å². The van der Waals surface area contributed by atoms with Crippen LogP contribution in [0.4, 0.5) is 0 Å². The molecule has 0 saturated heterocycles. The van der Waals surface area contributed by atoms with Gasteiger partial charge in [0.25, 0.3) is 0 Å². The van der Waals surface area contributed by atoms with Crippen molar-refractivity contribution in [1.82, 2.24) is 0 Å². The van der Waals surface area contributed by atoms with E-state index in [1.807, 2.05) is 0 Å². The van der Waals surface area contributed by atoms with Gasteiger partial charge in [0.2, 0.25) is 0 Å². The third-order valence-electron chi connectivity index (χ3n) is 2.77. The Morgan fingerprint density at radius 2 is 1.94 bits per heavy atom. The van der Waals surface area contributed by atoms with Gasteiger partial charge in [-0.15, -0.1) is 0 Å². The SMILES string of the molecule is CCCCCC(=O)c1c(Br)cc(OC)cc1OC. The van der Waals surface area contributed by atoms with E-state index in [1.54, 1.807) is 26.4 Å². The third-order valence-corrected chi connectivity index (χ3v) is 3.39. The minimum atomic E-state index is 0.106. The summed E-state index contributed by atoms with van der Waals surface area (Å²) < 4.78 is 11.1. The highest BCUT2D eigenvalue weighted by Crippen LogP contribution is 2.33. The van der Waals surface area contributed by atoms with Gasteiger partial charge in [0, 0.05) is 17.0 Å². The molecule has 0 aliphatic rings. The van der Waals surface area contributed by atoms with Crippen LogP contribution in [0.15, 0.2) is 16.6 Å². The second kappa shape index (κ2) is 7.41. The fourth-order valence-corrected chi connectivity index (χ4v) is 2.41. The van der Waals surface area contributed by atoms with Gasteiger partial charge < -0.3 is 9.47 Å². The average molecular weight is 315 g/mol. The highest BCUT2D eigenvalue weighted by atomic mass is 79.9. The molecule has 3 nitrogen and oxygen atoms in total. The lowest BCUT2D eigenvalue weighted by atomic mass is 10.0. The van der Waals surface area contributed by atoms with Crippen molar-refractivity contribution in [3.8, 4) is 11.5 Å². The third kappa shape index (κ3) is 3.73. The summed E-state index contributed by atoms with van der Waals surface area (Å²) in [5.41, 5.74) is 0.606. The number of rotatable bonds is 7. The van der Waals surface area contributed by atoms with Crippen LogP contribution in [0.5, 0.6) is 11.5 Å². The summed E-state index contributed by atoms with van der Waals surface area (Å²) in [5.74, 6) is 1.33. The van der Waals surface area contributed by atoms with Gasteiger partial charge in [0.15, 0.2) is 5.78 Å². The van der Waals surface area contributed by atoms with Crippen molar-refractivity contribution in [3.63, 3.8) is 0 Å². The standard InChI is InChI=1S/C14H19BrO3/c1-4-5-6-7-12(16)14-11(15)8-10(17-2)9-13(14)18-3/h8-9H,4-7H2,1-3H3. The van der Waals surface area contributed by atoms with Gasteiger partial charge in [-0.25, -0.2) is 0 Å². The molecular formula is C14H19BrO3. The minimum Gasteiger partial charge on any atom is -0.497 e. The minimum absolute atomic E-state index is 0.106. The fourth-order valence-electron chi connectivity index (χ4n) is 1.77. The summed E-state index contributed by atoms with van der Waals surface area (Å²) >= 11 is 3.41. The number of carbonyl (C=O) groups is 1. The first-order valence-electron chi connectivity index (χ1n) is 6.08. The molecule has 0 atom stereocenters. The number of ether oxygens (including phenoxy) is 2. The molecule has 0 fully saturated rings. The molecule has 0 heterocycles. The maximum absolute atomic E-state index is 12.2. The molecule has 0 radical (unpaired) electrons. The molecule has 0 saturated carbocycles. The van der Waals surface area contributed by atoms with Crippen molar-refractivity contribution in [2.75, 3.05) is 14.2 Å². The first-order chi connectivity index (χ1) is 8.63. The molecular weight excluding hydrogens is 296 g/mol. The first kappa shape index (κ1) is 15.0. The lowest BCUT2D eigenvalue weighted by Gasteiger charge is -2.12. The van der Waals surface area contributed by atoms with Crippen LogP contribution in [-0.4, -0.2) is 20.0 Å². The topological polar surface area (TPSA) is 35.5 Å². The van der Waals surface area contributed by atoms with Crippen LogP contribution in [0.3, 0.4) is 0 Å². The van der Waals surface area contributed by atoms with Gasteiger partial charge in [0.1, 0.15) is 11.5 Å². The molecule has 0 spiro atoms. The Balaban J connectivity index is 2.96. The van der Waals surface area contributed by atoms with E-state index in [0.717, 1.165) is 23.7 Å². The molecule has 0 aliphatic carbocycles. The number of methoxy groups -OCH3 is 2. The molecule has 1 aromatic rings. The molecule has 0 N–H and O–H groups in total. The van der Waals surface area contributed by atoms with E-state index in [-0.39, 0.29) is 5.78 Å². The molecule has 0 bridgehead atoms. The van der Waals surface area contributed by atoms with Crippen LogP contribution in [0.25, 0.3) is 0 Å². The second-order valence-corrected chi connectivity index (χ2v) is 4.92. The Morgan fingerprint density at radius 3 is 2.50 bits per heavy atom. The Bertz CT molecular complexity index is 416. The molecule has 18 heavy (non-hydrogen) atoms. The molecule has 0 unspecified atom stereocenters. The van der Waals surface area contributed by atoms with Crippen LogP contribution >= 0.6 is 15.9 Å². The van der Waals surface area contributed by atoms with Crippen molar-refractivity contribution in [2.24, 2.45) is 0 Å². The van der Waals surface area contributed by atoms with E-state index >= 15 is 0 Å². The summed E-state index contributed by atoms with van der Waals surface area (Å²) in [5, 5.41) is 0. The highest BCUT2D eigenvalue weighted by molar-refractivity contribution is 9.10. The Kier molecular flexibility index (Phi) is 6.19. The predicted octanol–water partition coefficient (Wildman–Crippen LogP) is 4.23. The molecule has 0 amide bonds. The van der Waals surface area contributed by atoms with Crippen LogP contribution in [-0.2, 0) is 0 Å². The lowest BCUT2D eigenvalue weighted by molar-refractivity contribution is 0.0975. The molecule has 100 valence electrons. The molecule has 4 heteroatoms. The molecule has 1 aromatic carbocycles.